The first kappa shape index (κ1) is 15.2. The third kappa shape index (κ3) is 9.71. The van der Waals surface area contributed by atoms with Crippen LogP contribution in [0.3, 0.4) is 0 Å². The molecule has 3 nitrogen and oxygen atoms in total. The molecule has 0 bridgehead atoms. The summed E-state index contributed by atoms with van der Waals surface area (Å²) < 4.78 is 4.55. The minimum absolute atomic E-state index is 0.124. The Labute approximate surface area is 98.5 Å². The second-order valence-electron chi connectivity index (χ2n) is 4.06. The van der Waals surface area contributed by atoms with Crippen molar-refractivity contribution >= 4 is 5.97 Å². The zero-order valence-electron chi connectivity index (χ0n) is 10.3. The third-order valence-electron chi connectivity index (χ3n) is 2.58. The number of ether oxygens (including phenoxy) is 1. The second-order valence-corrected chi connectivity index (χ2v) is 4.06. The molecule has 1 atom stereocenters. The van der Waals surface area contributed by atoms with Gasteiger partial charge in [0.2, 0.25) is 0 Å². The molecule has 94 valence electrons. The molecule has 0 aliphatic carbocycles. The minimum atomic E-state index is -0.229. The lowest BCUT2D eigenvalue weighted by Crippen LogP contribution is -2.04. The molecule has 1 N–H and O–H groups in total. The molecule has 0 aromatic carbocycles. The number of unbranched alkanes of at least 4 members (excludes halogenated alkanes) is 4. The first-order chi connectivity index (χ1) is 7.70. The third-order valence-corrected chi connectivity index (χ3v) is 2.58. The Bertz CT molecular complexity index is 190. The molecule has 0 aliphatic rings. The van der Waals surface area contributed by atoms with E-state index in [1.54, 1.807) is 6.08 Å². The second kappa shape index (κ2) is 10.7. The van der Waals surface area contributed by atoms with Crippen LogP contribution >= 0.6 is 0 Å². The Hall–Kier alpha value is -0.830. The average molecular weight is 228 g/mol. The summed E-state index contributed by atoms with van der Waals surface area (Å²) in [6.45, 7) is 3.59. The number of aliphatic hydroxyl groups is 1. The van der Waals surface area contributed by atoms with Crippen LogP contribution in [-0.2, 0) is 9.53 Å². The van der Waals surface area contributed by atoms with E-state index in [4.69, 9.17) is 0 Å². The molecule has 0 radical (unpaired) electrons. The van der Waals surface area contributed by atoms with Gasteiger partial charge in [0.15, 0.2) is 0 Å². The number of methoxy groups -OCH3 is 1. The lowest BCUT2D eigenvalue weighted by atomic mass is 10.1. The van der Waals surface area contributed by atoms with Crippen molar-refractivity contribution in [2.75, 3.05) is 7.11 Å². The number of carbonyl (C=O) groups is 1. The Morgan fingerprint density at radius 2 is 1.94 bits per heavy atom. The largest absolute Gasteiger partial charge is 0.469 e. The van der Waals surface area contributed by atoms with Crippen LogP contribution in [0.5, 0.6) is 0 Å². The molecule has 3 heteroatoms. The Balaban J connectivity index is 3.15. The lowest BCUT2D eigenvalue weighted by Gasteiger charge is -2.07. The fourth-order valence-electron chi connectivity index (χ4n) is 1.59. The van der Waals surface area contributed by atoms with E-state index in [0.29, 0.717) is 12.8 Å². The Morgan fingerprint density at radius 1 is 1.31 bits per heavy atom. The average Bonchev–Trinajstić information content (AvgIpc) is 2.27. The first-order valence-corrected chi connectivity index (χ1v) is 6.06. The molecule has 0 fully saturated rings. The van der Waals surface area contributed by atoms with Gasteiger partial charge in [-0.25, -0.2) is 0 Å². The molecule has 0 rings (SSSR count). The predicted molar refractivity (Wildman–Crippen MR) is 65.2 cm³/mol. The van der Waals surface area contributed by atoms with Crippen LogP contribution in [0.2, 0.25) is 0 Å². The van der Waals surface area contributed by atoms with Gasteiger partial charge in [-0.15, -0.1) is 6.58 Å². The first-order valence-electron chi connectivity index (χ1n) is 6.06. The highest BCUT2D eigenvalue weighted by atomic mass is 16.5. The van der Waals surface area contributed by atoms with Crippen molar-refractivity contribution in [3.8, 4) is 0 Å². The van der Waals surface area contributed by atoms with Gasteiger partial charge in [0, 0.05) is 6.42 Å². The molecule has 0 aromatic rings. The molecular weight excluding hydrogens is 204 g/mol. The maximum absolute atomic E-state index is 10.8. The quantitative estimate of drug-likeness (QED) is 0.355. The lowest BCUT2D eigenvalue weighted by molar-refractivity contribution is -0.140. The molecule has 0 saturated carbocycles. The summed E-state index contributed by atoms with van der Waals surface area (Å²) in [4.78, 5) is 10.8. The highest BCUT2D eigenvalue weighted by Crippen LogP contribution is 2.10. The van der Waals surface area contributed by atoms with Crippen LogP contribution in [0.1, 0.15) is 51.4 Å². The highest BCUT2D eigenvalue weighted by Gasteiger charge is 2.01. The van der Waals surface area contributed by atoms with Gasteiger partial charge in [0.05, 0.1) is 13.2 Å². The zero-order chi connectivity index (χ0) is 12.2. The molecule has 0 saturated heterocycles. The van der Waals surface area contributed by atoms with Gasteiger partial charge in [0.25, 0.3) is 0 Å². The van der Waals surface area contributed by atoms with E-state index in [1.807, 2.05) is 0 Å². The van der Waals surface area contributed by atoms with Crippen molar-refractivity contribution in [2.24, 2.45) is 0 Å². The SMILES string of the molecule is C=CCC(O)CCCCCCCC(=O)OC. The summed E-state index contributed by atoms with van der Waals surface area (Å²) in [5.41, 5.74) is 0. The number of carbonyl (C=O) groups excluding carboxylic acids is 1. The van der Waals surface area contributed by atoms with E-state index >= 15 is 0 Å². The van der Waals surface area contributed by atoms with Crippen molar-refractivity contribution in [3.63, 3.8) is 0 Å². The van der Waals surface area contributed by atoms with Crippen molar-refractivity contribution < 1.29 is 14.6 Å². The smallest absolute Gasteiger partial charge is 0.305 e. The van der Waals surface area contributed by atoms with Gasteiger partial charge in [-0.3, -0.25) is 4.79 Å². The van der Waals surface area contributed by atoms with Gasteiger partial charge >= 0.3 is 5.97 Å². The predicted octanol–water partition coefficient (Wildman–Crippen LogP) is 2.83. The molecule has 0 heterocycles. The van der Waals surface area contributed by atoms with Gasteiger partial charge in [-0.05, 0) is 19.3 Å². The zero-order valence-corrected chi connectivity index (χ0v) is 10.3. The summed E-state index contributed by atoms with van der Waals surface area (Å²) >= 11 is 0. The van der Waals surface area contributed by atoms with E-state index < -0.39 is 0 Å². The van der Waals surface area contributed by atoms with Crippen LogP contribution in [0.25, 0.3) is 0 Å². The van der Waals surface area contributed by atoms with E-state index in [2.05, 4.69) is 11.3 Å². The summed E-state index contributed by atoms with van der Waals surface area (Å²) in [6.07, 6.45) is 8.84. The molecule has 0 amide bonds. The summed E-state index contributed by atoms with van der Waals surface area (Å²) in [5, 5.41) is 9.42. The molecule has 16 heavy (non-hydrogen) atoms. The monoisotopic (exact) mass is 228 g/mol. The Morgan fingerprint density at radius 3 is 2.56 bits per heavy atom. The number of esters is 1. The van der Waals surface area contributed by atoms with Crippen LogP contribution in [0.4, 0.5) is 0 Å². The van der Waals surface area contributed by atoms with Crippen LogP contribution < -0.4 is 0 Å². The van der Waals surface area contributed by atoms with Crippen LogP contribution in [-0.4, -0.2) is 24.3 Å². The summed E-state index contributed by atoms with van der Waals surface area (Å²) in [6, 6.07) is 0. The fourth-order valence-corrected chi connectivity index (χ4v) is 1.59. The van der Waals surface area contributed by atoms with Crippen molar-refractivity contribution in [2.45, 2.75) is 57.5 Å². The van der Waals surface area contributed by atoms with Gasteiger partial charge in [-0.1, -0.05) is 31.8 Å². The normalized spacial score (nSPS) is 12.1. The number of hydrogen-bond donors (Lipinski definition) is 1. The molecular formula is C13H24O3. The molecule has 1 unspecified atom stereocenters. The molecule has 0 aromatic heterocycles. The maximum Gasteiger partial charge on any atom is 0.305 e. The Kier molecular flexibility index (Phi) is 10.1. The van der Waals surface area contributed by atoms with Crippen molar-refractivity contribution in [1.29, 1.82) is 0 Å². The number of aliphatic hydroxyl groups excluding tert-OH is 1. The topological polar surface area (TPSA) is 46.5 Å². The molecule has 0 spiro atoms. The van der Waals surface area contributed by atoms with E-state index in [0.717, 1.165) is 38.5 Å². The van der Waals surface area contributed by atoms with Crippen molar-refractivity contribution in [3.05, 3.63) is 12.7 Å². The maximum atomic E-state index is 10.8. The fraction of sp³-hybridized carbons (Fsp3) is 0.769. The highest BCUT2D eigenvalue weighted by molar-refractivity contribution is 5.68. The number of hydrogen-bond acceptors (Lipinski definition) is 3. The summed E-state index contributed by atoms with van der Waals surface area (Å²) in [5.74, 6) is -0.124. The van der Waals surface area contributed by atoms with Gasteiger partial charge < -0.3 is 9.84 Å². The van der Waals surface area contributed by atoms with Crippen LogP contribution in [0, 0.1) is 0 Å². The van der Waals surface area contributed by atoms with E-state index in [1.165, 1.54) is 7.11 Å². The van der Waals surface area contributed by atoms with Crippen LogP contribution in [0.15, 0.2) is 12.7 Å². The van der Waals surface area contributed by atoms with Crippen molar-refractivity contribution in [1.82, 2.24) is 0 Å². The van der Waals surface area contributed by atoms with E-state index in [-0.39, 0.29) is 12.1 Å². The summed E-state index contributed by atoms with van der Waals surface area (Å²) in [7, 11) is 1.42. The molecule has 0 aliphatic heterocycles. The number of rotatable bonds is 10. The van der Waals surface area contributed by atoms with E-state index in [9.17, 15) is 9.90 Å². The van der Waals surface area contributed by atoms with Gasteiger partial charge in [0.1, 0.15) is 0 Å². The van der Waals surface area contributed by atoms with Gasteiger partial charge in [-0.2, -0.15) is 0 Å². The standard InChI is InChI=1S/C13H24O3/c1-3-9-12(14)10-7-5-4-6-8-11-13(15)16-2/h3,12,14H,1,4-11H2,2H3. The minimum Gasteiger partial charge on any atom is -0.469 e.